The molecule has 1 aromatic carbocycles. The third kappa shape index (κ3) is 3.05. The predicted molar refractivity (Wildman–Crippen MR) is 86.1 cm³/mol. The first-order chi connectivity index (χ1) is 11.5. The summed E-state index contributed by atoms with van der Waals surface area (Å²) in [7, 11) is -3.91. The van der Waals surface area contributed by atoms with Gasteiger partial charge in [-0.05, 0) is 6.07 Å². The number of hydrogen-bond donors (Lipinski definition) is 0. The number of hydrogen-bond acceptors (Lipinski definition) is 7. The molecule has 0 spiro atoms. The lowest BCUT2D eigenvalue weighted by Crippen LogP contribution is -2.49. The molecule has 0 radical (unpaired) electrons. The first-order valence-electron chi connectivity index (χ1n) is 7.24. The Bertz CT molecular complexity index is 835. The molecule has 1 aromatic heterocycles. The molecule has 0 atom stereocenters. The van der Waals surface area contributed by atoms with Gasteiger partial charge in [0.15, 0.2) is 4.90 Å². The normalized spacial score (nSPS) is 16.1. The Morgan fingerprint density at radius 1 is 1.08 bits per heavy atom. The topological polar surface area (TPSA) is 110 Å². The molecule has 0 bridgehead atoms. The second-order valence-electron chi connectivity index (χ2n) is 5.18. The van der Waals surface area contributed by atoms with Gasteiger partial charge >= 0.3 is 0 Å². The average molecular weight is 349 g/mol. The molecule has 1 aliphatic heterocycles. The van der Waals surface area contributed by atoms with Crippen molar-refractivity contribution in [1.29, 1.82) is 0 Å². The average Bonchev–Trinajstić information content (AvgIpc) is 2.62. The quantitative estimate of drug-likeness (QED) is 0.595. The van der Waals surface area contributed by atoms with Crippen molar-refractivity contribution in [1.82, 2.24) is 14.3 Å². The van der Waals surface area contributed by atoms with Gasteiger partial charge in [-0.1, -0.05) is 12.1 Å². The van der Waals surface area contributed by atoms with Crippen LogP contribution in [-0.2, 0) is 10.0 Å². The minimum absolute atomic E-state index is 0.227. The number of para-hydroxylation sites is 1. The number of anilines is 1. The maximum absolute atomic E-state index is 12.7. The lowest BCUT2D eigenvalue weighted by atomic mass is 10.3. The van der Waals surface area contributed by atoms with E-state index in [0.29, 0.717) is 18.9 Å². The molecule has 0 unspecified atom stereocenters. The van der Waals surface area contributed by atoms with Gasteiger partial charge in [0.2, 0.25) is 10.0 Å². The molecule has 3 rings (SSSR count). The second kappa shape index (κ2) is 6.49. The molecule has 126 valence electrons. The summed E-state index contributed by atoms with van der Waals surface area (Å²) in [6.07, 6.45) is 4.76. The van der Waals surface area contributed by atoms with E-state index in [1.54, 1.807) is 18.6 Å². The van der Waals surface area contributed by atoms with Gasteiger partial charge in [-0.2, -0.15) is 4.31 Å². The van der Waals surface area contributed by atoms with Crippen LogP contribution in [0.25, 0.3) is 0 Å². The van der Waals surface area contributed by atoms with Crippen LogP contribution in [0.4, 0.5) is 11.5 Å². The fourth-order valence-corrected chi connectivity index (χ4v) is 4.16. The number of piperazine rings is 1. The zero-order chi connectivity index (χ0) is 17.2. The lowest BCUT2D eigenvalue weighted by Gasteiger charge is -2.34. The van der Waals surface area contributed by atoms with E-state index in [2.05, 4.69) is 9.97 Å². The SMILES string of the molecule is O=[N+]([O-])c1ccccc1S(=O)(=O)N1CCN(c2cnccn2)CC1. The predicted octanol–water partition coefficient (Wildman–Crippen LogP) is 0.896. The van der Waals surface area contributed by atoms with Gasteiger partial charge in [0.05, 0.1) is 11.1 Å². The molecule has 0 saturated carbocycles. The third-order valence-corrected chi connectivity index (χ3v) is 5.74. The smallest absolute Gasteiger partial charge is 0.289 e. The van der Waals surface area contributed by atoms with Crippen LogP contribution < -0.4 is 4.90 Å². The highest BCUT2D eigenvalue weighted by Crippen LogP contribution is 2.27. The molecule has 1 aliphatic rings. The first kappa shape index (κ1) is 16.3. The summed E-state index contributed by atoms with van der Waals surface area (Å²) in [5, 5.41) is 11.1. The van der Waals surface area contributed by atoms with Crippen LogP contribution in [0.1, 0.15) is 0 Å². The summed E-state index contributed by atoms with van der Waals surface area (Å²) >= 11 is 0. The maximum atomic E-state index is 12.7. The van der Waals surface area contributed by atoms with E-state index in [-0.39, 0.29) is 18.0 Å². The molecule has 1 fully saturated rings. The van der Waals surface area contributed by atoms with Crippen molar-refractivity contribution in [3.63, 3.8) is 0 Å². The molecule has 2 heterocycles. The molecule has 9 nitrogen and oxygen atoms in total. The number of nitrogens with zero attached hydrogens (tertiary/aromatic N) is 5. The Hall–Kier alpha value is -2.59. The van der Waals surface area contributed by atoms with Crippen LogP contribution in [-0.4, -0.2) is 53.8 Å². The Morgan fingerprint density at radius 2 is 1.79 bits per heavy atom. The van der Waals surface area contributed by atoms with Crippen molar-refractivity contribution in [3.05, 3.63) is 53.0 Å². The lowest BCUT2D eigenvalue weighted by molar-refractivity contribution is -0.387. The first-order valence-corrected chi connectivity index (χ1v) is 8.68. The van der Waals surface area contributed by atoms with Crippen molar-refractivity contribution in [2.75, 3.05) is 31.1 Å². The van der Waals surface area contributed by atoms with Gasteiger partial charge in [0.1, 0.15) is 5.82 Å². The van der Waals surface area contributed by atoms with E-state index >= 15 is 0 Å². The van der Waals surface area contributed by atoms with Gasteiger partial charge < -0.3 is 4.90 Å². The molecule has 0 amide bonds. The van der Waals surface area contributed by atoms with Gasteiger partial charge in [0.25, 0.3) is 5.69 Å². The molecule has 2 aromatic rings. The van der Waals surface area contributed by atoms with E-state index in [1.807, 2.05) is 4.90 Å². The van der Waals surface area contributed by atoms with Crippen LogP contribution in [0.15, 0.2) is 47.8 Å². The molecule has 0 aliphatic carbocycles. The summed E-state index contributed by atoms with van der Waals surface area (Å²) in [5.74, 6) is 0.681. The summed E-state index contributed by atoms with van der Waals surface area (Å²) < 4.78 is 26.7. The molecular weight excluding hydrogens is 334 g/mol. The highest BCUT2D eigenvalue weighted by atomic mass is 32.2. The standard InChI is InChI=1S/C14H15N5O4S/c20-19(21)12-3-1-2-4-13(12)24(22,23)18-9-7-17(8-10-18)14-11-15-5-6-16-14/h1-6,11H,7-10H2. The van der Waals surface area contributed by atoms with Gasteiger partial charge in [0, 0.05) is 44.6 Å². The van der Waals surface area contributed by atoms with E-state index in [0.717, 1.165) is 0 Å². The summed E-state index contributed by atoms with van der Waals surface area (Å²) in [6.45, 7) is 1.34. The number of nitro benzene ring substituents is 1. The summed E-state index contributed by atoms with van der Waals surface area (Å²) in [5.41, 5.74) is -0.408. The van der Waals surface area contributed by atoms with Gasteiger partial charge in [-0.3, -0.25) is 15.1 Å². The summed E-state index contributed by atoms with van der Waals surface area (Å²) in [4.78, 5) is 20.3. The van der Waals surface area contributed by atoms with E-state index in [4.69, 9.17) is 0 Å². The highest BCUT2D eigenvalue weighted by molar-refractivity contribution is 7.89. The van der Waals surface area contributed by atoms with Gasteiger partial charge in [-0.25, -0.2) is 13.4 Å². The third-order valence-electron chi connectivity index (χ3n) is 3.79. The number of nitro groups is 1. The zero-order valence-electron chi connectivity index (χ0n) is 12.6. The molecule has 1 saturated heterocycles. The maximum Gasteiger partial charge on any atom is 0.289 e. The largest absolute Gasteiger partial charge is 0.353 e. The van der Waals surface area contributed by atoms with Crippen molar-refractivity contribution >= 4 is 21.5 Å². The molecule has 24 heavy (non-hydrogen) atoms. The Morgan fingerprint density at radius 3 is 2.42 bits per heavy atom. The van der Waals surface area contributed by atoms with E-state index in [1.165, 1.54) is 28.6 Å². The van der Waals surface area contributed by atoms with Crippen molar-refractivity contribution < 1.29 is 13.3 Å². The Balaban J connectivity index is 1.80. The van der Waals surface area contributed by atoms with E-state index in [9.17, 15) is 18.5 Å². The number of aromatic nitrogens is 2. The van der Waals surface area contributed by atoms with Crippen LogP contribution in [0, 0.1) is 10.1 Å². The fraction of sp³-hybridized carbons (Fsp3) is 0.286. The number of sulfonamides is 1. The minimum atomic E-state index is -3.91. The fourth-order valence-electron chi connectivity index (χ4n) is 2.58. The second-order valence-corrected chi connectivity index (χ2v) is 7.09. The number of rotatable bonds is 4. The van der Waals surface area contributed by atoms with Crippen LogP contribution in [0.5, 0.6) is 0 Å². The van der Waals surface area contributed by atoms with Crippen LogP contribution in [0.3, 0.4) is 0 Å². The van der Waals surface area contributed by atoms with Crippen LogP contribution in [0.2, 0.25) is 0 Å². The minimum Gasteiger partial charge on any atom is -0.353 e. The summed E-state index contributed by atoms with van der Waals surface area (Å²) in [6, 6.07) is 5.39. The molecule has 10 heteroatoms. The Labute approximate surface area is 138 Å². The molecular formula is C14H15N5O4S. The van der Waals surface area contributed by atoms with Gasteiger partial charge in [-0.15, -0.1) is 0 Å². The van der Waals surface area contributed by atoms with Crippen molar-refractivity contribution in [2.24, 2.45) is 0 Å². The Kier molecular flexibility index (Phi) is 4.40. The van der Waals surface area contributed by atoms with E-state index < -0.39 is 20.6 Å². The van der Waals surface area contributed by atoms with Crippen molar-refractivity contribution in [2.45, 2.75) is 4.90 Å². The molecule has 0 N–H and O–H groups in total. The van der Waals surface area contributed by atoms with Crippen molar-refractivity contribution in [3.8, 4) is 0 Å². The van der Waals surface area contributed by atoms with Crippen LogP contribution >= 0.6 is 0 Å². The highest BCUT2D eigenvalue weighted by Gasteiger charge is 2.33. The number of benzene rings is 1. The zero-order valence-corrected chi connectivity index (χ0v) is 13.5. The monoisotopic (exact) mass is 349 g/mol.